The molecular weight excluding hydrogens is 456 g/mol. The van der Waals surface area contributed by atoms with Gasteiger partial charge >= 0.3 is 0 Å². The summed E-state index contributed by atoms with van der Waals surface area (Å²) in [5, 5.41) is 0. The van der Waals surface area contributed by atoms with Crippen molar-refractivity contribution in [3.05, 3.63) is 48.6 Å². The summed E-state index contributed by atoms with van der Waals surface area (Å²) in [5.74, 6) is 0. The fourth-order valence-corrected chi connectivity index (χ4v) is 3.72. The predicted molar refractivity (Wildman–Crippen MR) is 164 cm³/mol. The standard InChI is InChI=1S/C18H34O2.C16H28O/c1-4-5-6-7-8-9-10-11-12-13-14-15-16-17-18(19-2)20-3;1-2-3-4-5-6-7-8-9-10-11-12-13-14-15-16-17/h7-8,11-12,18H,4-6,9-10,13-17H2,1-3H3;5-6,9-10,16H,2-4,7-8,11-15H2,1H3/b8-7-,12-11-;6-5-,10-9-. The highest BCUT2D eigenvalue weighted by atomic mass is 16.7. The number of aldehydes is 1. The first-order valence-electron chi connectivity index (χ1n) is 15.4. The van der Waals surface area contributed by atoms with Gasteiger partial charge in [0.2, 0.25) is 0 Å². The van der Waals surface area contributed by atoms with E-state index in [1.807, 2.05) is 0 Å². The van der Waals surface area contributed by atoms with E-state index < -0.39 is 0 Å². The summed E-state index contributed by atoms with van der Waals surface area (Å²) < 4.78 is 10.3. The monoisotopic (exact) mass is 518 g/mol. The number of allylic oxidation sites excluding steroid dienone is 8. The zero-order chi connectivity index (χ0) is 27.5. The van der Waals surface area contributed by atoms with Gasteiger partial charge in [0.1, 0.15) is 6.29 Å². The zero-order valence-corrected chi connectivity index (χ0v) is 25.1. The van der Waals surface area contributed by atoms with Crippen molar-refractivity contribution in [2.45, 2.75) is 149 Å². The van der Waals surface area contributed by atoms with E-state index >= 15 is 0 Å². The van der Waals surface area contributed by atoms with Gasteiger partial charge in [0, 0.05) is 20.6 Å². The van der Waals surface area contributed by atoms with Crippen LogP contribution in [-0.2, 0) is 14.3 Å². The van der Waals surface area contributed by atoms with Crippen molar-refractivity contribution in [2.24, 2.45) is 0 Å². The summed E-state index contributed by atoms with van der Waals surface area (Å²) in [4.78, 5) is 10.1. The molecular formula is C34H62O3. The topological polar surface area (TPSA) is 35.5 Å². The number of carbonyl (C=O) groups is 1. The fourth-order valence-electron chi connectivity index (χ4n) is 3.72. The van der Waals surface area contributed by atoms with Gasteiger partial charge in [0.25, 0.3) is 0 Å². The van der Waals surface area contributed by atoms with Gasteiger partial charge < -0.3 is 14.3 Å². The second kappa shape index (κ2) is 36.7. The quantitative estimate of drug-likeness (QED) is 0.0494. The Morgan fingerprint density at radius 3 is 1.19 bits per heavy atom. The van der Waals surface area contributed by atoms with Crippen LogP contribution in [0.15, 0.2) is 48.6 Å². The molecule has 0 aromatic carbocycles. The van der Waals surface area contributed by atoms with Crippen LogP contribution in [0.25, 0.3) is 0 Å². The lowest BCUT2D eigenvalue weighted by Gasteiger charge is -2.12. The van der Waals surface area contributed by atoms with Gasteiger partial charge in [-0.25, -0.2) is 0 Å². The Bertz CT molecular complexity index is 529. The van der Waals surface area contributed by atoms with Crippen LogP contribution < -0.4 is 0 Å². The van der Waals surface area contributed by atoms with Crippen molar-refractivity contribution in [3.63, 3.8) is 0 Å². The lowest BCUT2D eigenvalue weighted by Crippen LogP contribution is -2.12. The van der Waals surface area contributed by atoms with Crippen LogP contribution in [0.5, 0.6) is 0 Å². The van der Waals surface area contributed by atoms with Gasteiger partial charge in [-0.05, 0) is 83.5 Å². The summed E-state index contributed by atoms with van der Waals surface area (Å²) in [5.41, 5.74) is 0. The van der Waals surface area contributed by atoms with Crippen LogP contribution in [0.4, 0.5) is 0 Å². The summed E-state index contributed by atoms with van der Waals surface area (Å²) in [7, 11) is 3.40. The van der Waals surface area contributed by atoms with Gasteiger partial charge in [-0.1, -0.05) is 101 Å². The predicted octanol–water partition coefficient (Wildman–Crippen LogP) is 10.9. The first-order chi connectivity index (χ1) is 18.3. The first kappa shape index (κ1) is 37.7. The summed E-state index contributed by atoms with van der Waals surface area (Å²) in [6.07, 6.45) is 43.1. The maximum atomic E-state index is 10.1. The molecule has 0 unspecified atom stereocenters. The molecule has 0 saturated carbocycles. The Morgan fingerprint density at radius 1 is 0.459 bits per heavy atom. The lowest BCUT2D eigenvalue weighted by atomic mass is 10.1. The average Bonchev–Trinajstić information content (AvgIpc) is 2.92. The molecule has 0 bridgehead atoms. The summed E-state index contributed by atoms with van der Waals surface area (Å²) in [6, 6.07) is 0. The zero-order valence-electron chi connectivity index (χ0n) is 25.1. The highest BCUT2D eigenvalue weighted by Gasteiger charge is 2.02. The maximum absolute atomic E-state index is 10.1. The Hall–Kier alpha value is -1.45. The average molecular weight is 519 g/mol. The van der Waals surface area contributed by atoms with Crippen molar-refractivity contribution < 1.29 is 14.3 Å². The van der Waals surface area contributed by atoms with Crippen molar-refractivity contribution in [2.75, 3.05) is 14.2 Å². The van der Waals surface area contributed by atoms with Gasteiger partial charge in [-0.2, -0.15) is 0 Å². The molecule has 0 aliphatic rings. The van der Waals surface area contributed by atoms with Gasteiger partial charge in [0.15, 0.2) is 6.29 Å². The van der Waals surface area contributed by atoms with Gasteiger partial charge in [-0.15, -0.1) is 0 Å². The molecule has 3 heteroatoms. The van der Waals surface area contributed by atoms with Crippen LogP contribution in [-0.4, -0.2) is 26.8 Å². The Balaban J connectivity index is 0. The highest BCUT2D eigenvalue weighted by molar-refractivity contribution is 5.48. The molecule has 0 radical (unpaired) electrons. The molecule has 0 atom stereocenters. The molecule has 0 aromatic heterocycles. The molecule has 0 aliphatic carbocycles. The minimum atomic E-state index is -0.0231. The van der Waals surface area contributed by atoms with E-state index in [0.29, 0.717) is 0 Å². The van der Waals surface area contributed by atoms with E-state index in [4.69, 9.17) is 9.47 Å². The summed E-state index contributed by atoms with van der Waals surface area (Å²) in [6.45, 7) is 4.47. The van der Waals surface area contributed by atoms with Crippen LogP contribution in [0.3, 0.4) is 0 Å². The number of unbranched alkanes of at least 4 members (excludes halogenated alkanes) is 13. The number of rotatable bonds is 26. The van der Waals surface area contributed by atoms with Crippen molar-refractivity contribution in [1.82, 2.24) is 0 Å². The van der Waals surface area contributed by atoms with E-state index in [2.05, 4.69) is 62.5 Å². The highest BCUT2D eigenvalue weighted by Crippen LogP contribution is 2.09. The van der Waals surface area contributed by atoms with Crippen molar-refractivity contribution in [3.8, 4) is 0 Å². The maximum Gasteiger partial charge on any atom is 0.156 e. The molecule has 37 heavy (non-hydrogen) atoms. The molecule has 0 spiro atoms. The van der Waals surface area contributed by atoms with Crippen LogP contribution >= 0.6 is 0 Å². The number of hydrogen-bond donors (Lipinski definition) is 0. The van der Waals surface area contributed by atoms with E-state index in [0.717, 1.165) is 32.0 Å². The van der Waals surface area contributed by atoms with Gasteiger partial charge in [0.05, 0.1) is 0 Å². The minimum Gasteiger partial charge on any atom is -0.356 e. The third-order valence-corrected chi connectivity index (χ3v) is 6.14. The normalized spacial score (nSPS) is 11.9. The van der Waals surface area contributed by atoms with Crippen molar-refractivity contribution in [1.29, 1.82) is 0 Å². The first-order valence-corrected chi connectivity index (χ1v) is 15.4. The van der Waals surface area contributed by atoms with E-state index in [9.17, 15) is 4.79 Å². The van der Waals surface area contributed by atoms with Crippen LogP contribution in [0.2, 0.25) is 0 Å². The molecule has 0 saturated heterocycles. The Morgan fingerprint density at radius 2 is 0.811 bits per heavy atom. The SMILES string of the molecule is CCCC/C=C\CC/C=C\CCCCCC(OC)OC.CCCC/C=C\CC/C=C\CCCCCC=O. The van der Waals surface area contributed by atoms with Gasteiger partial charge in [-0.3, -0.25) is 0 Å². The molecule has 0 fully saturated rings. The molecule has 3 nitrogen and oxygen atoms in total. The second-order valence-electron chi connectivity index (χ2n) is 9.67. The van der Waals surface area contributed by atoms with E-state index in [1.54, 1.807) is 14.2 Å². The van der Waals surface area contributed by atoms with E-state index in [-0.39, 0.29) is 6.29 Å². The molecule has 0 heterocycles. The number of carbonyl (C=O) groups excluding carboxylic acids is 1. The third-order valence-electron chi connectivity index (χ3n) is 6.14. The smallest absolute Gasteiger partial charge is 0.156 e. The molecule has 0 N–H and O–H groups in total. The Labute approximate surface area is 231 Å². The summed E-state index contributed by atoms with van der Waals surface area (Å²) >= 11 is 0. The lowest BCUT2D eigenvalue weighted by molar-refractivity contribution is -0.108. The third kappa shape index (κ3) is 36.8. The fraction of sp³-hybridized carbons (Fsp3) is 0.735. The van der Waals surface area contributed by atoms with Crippen molar-refractivity contribution >= 4 is 6.29 Å². The number of ether oxygens (including phenoxy) is 2. The second-order valence-corrected chi connectivity index (χ2v) is 9.67. The Kier molecular flexibility index (Phi) is 37.4. The molecule has 0 amide bonds. The number of methoxy groups -OCH3 is 2. The van der Waals surface area contributed by atoms with E-state index in [1.165, 1.54) is 103 Å². The van der Waals surface area contributed by atoms with Crippen LogP contribution in [0.1, 0.15) is 142 Å². The molecule has 216 valence electrons. The molecule has 0 rings (SSSR count). The molecule has 0 aromatic rings. The molecule has 0 aliphatic heterocycles. The largest absolute Gasteiger partial charge is 0.356 e. The minimum absolute atomic E-state index is 0.0231. The number of hydrogen-bond acceptors (Lipinski definition) is 3. The van der Waals surface area contributed by atoms with Crippen LogP contribution in [0, 0.1) is 0 Å².